The molecule has 1 aromatic heterocycles. The summed E-state index contributed by atoms with van der Waals surface area (Å²) in [6, 6.07) is 4.15. The number of carbonyl (C=O) groups is 1. The van der Waals surface area contributed by atoms with E-state index in [1.807, 2.05) is 13.8 Å². The number of nitrogens with one attached hydrogen (secondary N) is 1. The van der Waals surface area contributed by atoms with Crippen molar-refractivity contribution in [3.05, 3.63) is 23.3 Å². The number of carbonyl (C=O) groups excluding carboxylic acids is 1. The molecule has 0 spiro atoms. The second-order valence-electron chi connectivity index (χ2n) is 4.95. The summed E-state index contributed by atoms with van der Waals surface area (Å²) in [5.74, 6) is -0.482. The maximum atomic E-state index is 11.9. The molecule has 100 valence electrons. The van der Waals surface area contributed by atoms with Crippen molar-refractivity contribution in [2.45, 2.75) is 24.6 Å². The fourth-order valence-corrected chi connectivity index (χ4v) is 3.67. The van der Waals surface area contributed by atoms with E-state index in [0.29, 0.717) is 11.6 Å². The fraction of sp³-hybridized carbons (Fsp3) is 0.385. The smallest absolute Gasteiger partial charge is 0.232 e. The van der Waals surface area contributed by atoms with Gasteiger partial charge in [-0.25, -0.2) is 4.98 Å². The number of amides is 1. The second kappa shape index (κ2) is 4.33. The van der Waals surface area contributed by atoms with Crippen molar-refractivity contribution in [2.75, 3.05) is 5.32 Å². The van der Waals surface area contributed by atoms with E-state index in [2.05, 4.69) is 22.4 Å². The number of hydrogen-bond acceptors (Lipinski definition) is 3. The average Bonchev–Trinajstić information content (AvgIpc) is 2.75. The van der Waals surface area contributed by atoms with Crippen molar-refractivity contribution < 1.29 is 4.79 Å². The molecule has 1 aliphatic rings. The largest absolute Gasteiger partial charge is 0.302 e. The Balaban J connectivity index is 1.86. The molecule has 3 rings (SSSR count). The molecular weight excluding hydrogens is 303 g/mol. The Bertz CT molecular complexity index is 681. The summed E-state index contributed by atoms with van der Waals surface area (Å²) < 4.78 is 0.180. The zero-order chi connectivity index (χ0) is 13.8. The van der Waals surface area contributed by atoms with Gasteiger partial charge in [-0.1, -0.05) is 17.4 Å². The number of hydrogen-bond donors (Lipinski definition) is 1. The lowest BCUT2D eigenvalue weighted by Crippen LogP contribution is -2.16. The standard InChI is InChI=1S/C13H12Cl2N2OS/c1-6-3-7(2)10-9(4-6)19-12(16-10)17-11(18)8-5-13(8,14)15/h3-4,8H,5H2,1-2H3,(H,16,17,18). The number of nitrogens with zero attached hydrogens (tertiary/aromatic N) is 1. The van der Waals surface area contributed by atoms with Crippen LogP contribution in [0.3, 0.4) is 0 Å². The molecule has 1 aliphatic carbocycles. The fourth-order valence-electron chi connectivity index (χ4n) is 2.11. The molecule has 1 aromatic carbocycles. The van der Waals surface area contributed by atoms with Crippen LogP contribution < -0.4 is 5.32 Å². The van der Waals surface area contributed by atoms with E-state index in [-0.39, 0.29) is 11.8 Å². The van der Waals surface area contributed by atoms with Gasteiger partial charge in [0.2, 0.25) is 5.91 Å². The summed E-state index contributed by atoms with van der Waals surface area (Å²) >= 11 is 13.2. The number of benzene rings is 1. The lowest BCUT2D eigenvalue weighted by atomic mass is 10.1. The number of fused-ring (bicyclic) bond motifs is 1. The maximum Gasteiger partial charge on any atom is 0.232 e. The van der Waals surface area contributed by atoms with Crippen molar-refractivity contribution in [3.8, 4) is 0 Å². The molecule has 0 aliphatic heterocycles. The van der Waals surface area contributed by atoms with Gasteiger partial charge < -0.3 is 5.32 Å². The Labute approximate surface area is 124 Å². The SMILES string of the molecule is Cc1cc(C)c2nc(NC(=O)C3CC3(Cl)Cl)sc2c1. The van der Waals surface area contributed by atoms with Crippen LogP contribution in [0, 0.1) is 19.8 Å². The van der Waals surface area contributed by atoms with Gasteiger partial charge in [-0.2, -0.15) is 0 Å². The monoisotopic (exact) mass is 314 g/mol. The summed E-state index contributed by atoms with van der Waals surface area (Å²) in [4.78, 5) is 16.4. The molecule has 19 heavy (non-hydrogen) atoms. The Morgan fingerprint density at radius 1 is 1.47 bits per heavy atom. The summed E-state index contributed by atoms with van der Waals surface area (Å²) in [5.41, 5.74) is 3.24. The zero-order valence-corrected chi connectivity index (χ0v) is 12.8. The molecule has 0 radical (unpaired) electrons. The van der Waals surface area contributed by atoms with E-state index in [1.165, 1.54) is 16.9 Å². The quantitative estimate of drug-likeness (QED) is 0.850. The van der Waals surface area contributed by atoms with Crippen molar-refractivity contribution in [2.24, 2.45) is 5.92 Å². The van der Waals surface area contributed by atoms with Gasteiger partial charge in [0.1, 0.15) is 4.33 Å². The van der Waals surface area contributed by atoms with Gasteiger partial charge in [0.15, 0.2) is 5.13 Å². The molecule has 1 unspecified atom stereocenters. The van der Waals surface area contributed by atoms with Crippen LogP contribution in [0.5, 0.6) is 0 Å². The first-order valence-corrected chi connectivity index (χ1v) is 7.50. The first kappa shape index (κ1) is 13.2. The second-order valence-corrected chi connectivity index (χ2v) is 7.53. The summed E-state index contributed by atoms with van der Waals surface area (Å²) in [6.07, 6.45) is 0.505. The van der Waals surface area contributed by atoms with E-state index in [1.54, 1.807) is 0 Å². The number of anilines is 1. The van der Waals surface area contributed by atoms with E-state index in [9.17, 15) is 4.79 Å². The minimum atomic E-state index is -0.896. The molecule has 0 bridgehead atoms. The van der Waals surface area contributed by atoms with Crippen molar-refractivity contribution >= 4 is 55.8 Å². The van der Waals surface area contributed by atoms with Crippen LogP contribution in [-0.4, -0.2) is 15.2 Å². The molecule has 0 saturated heterocycles. The number of rotatable bonds is 2. The van der Waals surface area contributed by atoms with Crippen LogP contribution in [0.25, 0.3) is 10.2 Å². The molecule has 2 aromatic rings. The maximum absolute atomic E-state index is 11.9. The van der Waals surface area contributed by atoms with E-state index >= 15 is 0 Å². The highest BCUT2D eigenvalue weighted by molar-refractivity contribution is 7.22. The molecule has 1 N–H and O–H groups in total. The third-order valence-electron chi connectivity index (χ3n) is 3.20. The lowest BCUT2D eigenvalue weighted by molar-refractivity contribution is -0.117. The van der Waals surface area contributed by atoms with Crippen LogP contribution in [0.2, 0.25) is 0 Å². The van der Waals surface area contributed by atoms with Crippen molar-refractivity contribution in [3.63, 3.8) is 0 Å². The first-order valence-electron chi connectivity index (χ1n) is 5.93. The predicted octanol–water partition coefficient (Wildman–Crippen LogP) is 4.05. The molecule has 1 saturated carbocycles. The van der Waals surface area contributed by atoms with E-state index < -0.39 is 4.33 Å². The highest BCUT2D eigenvalue weighted by Gasteiger charge is 2.56. The van der Waals surface area contributed by atoms with Gasteiger partial charge in [0, 0.05) is 0 Å². The molecular formula is C13H12Cl2N2OS. The zero-order valence-electron chi connectivity index (χ0n) is 10.5. The summed E-state index contributed by atoms with van der Waals surface area (Å²) in [6.45, 7) is 4.06. The molecule has 1 heterocycles. The third-order valence-corrected chi connectivity index (χ3v) is 4.96. The topological polar surface area (TPSA) is 42.0 Å². The third kappa shape index (κ3) is 2.45. The first-order chi connectivity index (χ1) is 8.87. The molecule has 6 heteroatoms. The number of aromatic nitrogens is 1. The summed E-state index contributed by atoms with van der Waals surface area (Å²) in [5, 5.41) is 3.40. The average molecular weight is 315 g/mol. The van der Waals surface area contributed by atoms with Gasteiger partial charge >= 0.3 is 0 Å². The summed E-state index contributed by atoms with van der Waals surface area (Å²) in [7, 11) is 0. The van der Waals surface area contributed by atoms with Gasteiger partial charge in [-0.3, -0.25) is 4.79 Å². The number of aryl methyl sites for hydroxylation is 2. The van der Waals surface area contributed by atoms with Crippen LogP contribution in [-0.2, 0) is 4.79 Å². The Kier molecular flexibility index (Phi) is 3.00. The Morgan fingerprint density at radius 3 is 2.79 bits per heavy atom. The van der Waals surface area contributed by atoms with E-state index in [0.717, 1.165) is 15.8 Å². The minimum absolute atomic E-state index is 0.154. The van der Waals surface area contributed by atoms with Crippen molar-refractivity contribution in [1.82, 2.24) is 4.98 Å². The number of halogens is 2. The molecule has 3 nitrogen and oxygen atoms in total. The highest BCUT2D eigenvalue weighted by atomic mass is 35.5. The van der Waals surface area contributed by atoms with Gasteiger partial charge in [-0.05, 0) is 37.5 Å². The number of alkyl halides is 2. The lowest BCUT2D eigenvalue weighted by Gasteiger charge is -2.00. The van der Waals surface area contributed by atoms with Crippen LogP contribution >= 0.6 is 34.5 Å². The van der Waals surface area contributed by atoms with Crippen LogP contribution in [0.15, 0.2) is 12.1 Å². The van der Waals surface area contributed by atoms with Crippen molar-refractivity contribution in [1.29, 1.82) is 0 Å². The Hall–Kier alpha value is -0.840. The minimum Gasteiger partial charge on any atom is -0.302 e. The predicted molar refractivity (Wildman–Crippen MR) is 80.3 cm³/mol. The highest BCUT2D eigenvalue weighted by Crippen LogP contribution is 2.53. The van der Waals surface area contributed by atoms with Gasteiger partial charge in [0.05, 0.1) is 16.1 Å². The van der Waals surface area contributed by atoms with E-state index in [4.69, 9.17) is 23.2 Å². The molecule has 1 atom stereocenters. The van der Waals surface area contributed by atoms with Gasteiger partial charge in [-0.15, -0.1) is 23.2 Å². The Morgan fingerprint density at radius 2 is 2.16 bits per heavy atom. The molecule has 1 fully saturated rings. The van der Waals surface area contributed by atoms with Gasteiger partial charge in [0.25, 0.3) is 0 Å². The number of thiazole rings is 1. The van der Waals surface area contributed by atoms with Crippen LogP contribution in [0.1, 0.15) is 17.5 Å². The van der Waals surface area contributed by atoms with Crippen LogP contribution in [0.4, 0.5) is 5.13 Å². The molecule has 1 amide bonds. The normalized spacial score (nSPS) is 20.5.